The van der Waals surface area contributed by atoms with Gasteiger partial charge in [0.25, 0.3) is 0 Å². The van der Waals surface area contributed by atoms with Gasteiger partial charge in [0.15, 0.2) is 0 Å². The molecule has 0 fully saturated rings. The third-order valence-electron chi connectivity index (χ3n) is 10.6. The molecule has 1 aliphatic rings. The smallest absolute Gasteiger partial charge is 0.143 e. The zero-order valence-corrected chi connectivity index (χ0v) is 26.6. The molecule has 0 aliphatic carbocycles. The average molecular weight is 621 g/mol. The summed E-state index contributed by atoms with van der Waals surface area (Å²) >= 11 is 0. The highest BCUT2D eigenvalue weighted by Crippen LogP contribution is 2.53. The van der Waals surface area contributed by atoms with E-state index in [9.17, 15) is 0 Å². The summed E-state index contributed by atoms with van der Waals surface area (Å²) in [5.74, 6) is 1.83. The van der Waals surface area contributed by atoms with Crippen LogP contribution in [0, 0.1) is 0 Å². The number of rotatable bonds is 3. The predicted octanol–water partition coefficient (Wildman–Crippen LogP) is 13.7. The average Bonchev–Trinajstić information content (AvgIpc) is 3.17. The first-order valence-electron chi connectivity index (χ1n) is 16.9. The van der Waals surface area contributed by atoms with Crippen LogP contribution in [0.2, 0.25) is 0 Å². The highest BCUT2D eigenvalue weighted by atomic mass is 16.5. The second-order valence-electron chi connectivity index (χ2n) is 13.2. The van der Waals surface area contributed by atoms with Gasteiger partial charge in [-0.1, -0.05) is 152 Å². The Morgan fingerprint density at radius 1 is 0.286 bits per heavy atom. The topological polar surface area (TPSA) is 9.23 Å². The summed E-state index contributed by atoms with van der Waals surface area (Å²) in [6.07, 6.45) is 0. The normalized spacial score (nSPS) is 12.2. The molecule has 0 radical (unpaired) electrons. The van der Waals surface area contributed by atoms with Crippen LogP contribution in [-0.2, 0) is 0 Å². The molecular formula is C48H28O. The minimum atomic E-state index is 0.905. The van der Waals surface area contributed by atoms with Crippen molar-refractivity contribution in [2.24, 2.45) is 0 Å². The summed E-state index contributed by atoms with van der Waals surface area (Å²) in [6, 6.07) is 62.0. The summed E-state index contributed by atoms with van der Waals surface area (Å²) in [5.41, 5.74) is 9.64. The molecule has 49 heavy (non-hydrogen) atoms. The Balaban J connectivity index is 1.11. The van der Waals surface area contributed by atoms with Gasteiger partial charge in [0.2, 0.25) is 0 Å². The van der Waals surface area contributed by atoms with Crippen molar-refractivity contribution >= 4 is 53.9 Å². The second-order valence-corrected chi connectivity index (χ2v) is 13.2. The zero-order valence-electron chi connectivity index (χ0n) is 26.6. The van der Waals surface area contributed by atoms with E-state index in [1.165, 1.54) is 82.0 Å². The molecule has 11 rings (SSSR count). The fourth-order valence-corrected chi connectivity index (χ4v) is 8.40. The molecule has 1 heterocycles. The van der Waals surface area contributed by atoms with Gasteiger partial charge in [0.05, 0.1) is 0 Å². The van der Waals surface area contributed by atoms with Crippen LogP contribution in [0.3, 0.4) is 0 Å². The van der Waals surface area contributed by atoms with E-state index in [1.807, 2.05) is 0 Å². The Morgan fingerprint density at radius 2 is 0.878 bits per heavy atom. The number of ether oxygens (including phenoxy) is 1. The van der Waals surface area contributed by atoms with Crippen molar-refractivity contribution in [2.45, 2.75) is 0 Å². The molecule has 1 aliphatic heterocycles. The highest BCUT2D eigenvalue weighted by molar-refractivity contribution is 6.25. The molecule has 0 amide bonds. The van der Waals surface area contributed by atoms with Gasteiger partial charge < -0.3 is 4.74 Å². The summed E-state index contributed by atoms with van der Waals surface area (Å²) in [7, 11) is 0. The van der Waals surface area contributed by atoms with Crippen molar-refractivity contribution in [1.29, 1.82) is 0 Å². The SMILES string of the molecule is c1ccc(-c2cc3c(c4ccccc24)Oc2ccc(-c4cccc(-c5ccc6ccc7cccc8ccc5c6c78)c4)c4cccc-3c24)cc1. The molecule has 0 atom stereocenters. The van der Waals surface area contributed by atoms with Gasteiger partial charge in [-0.05, 0) is 100 Å². The Kier molecular flexibility index (Phi) is 5.45. The Bertz CT molecular complexity index is 2940. The van der Waals surface area contributed by atoms with Gasteiger partial charge in [0.1, 0.15) is 11.5 Å². The lowest BCUT2D eigenvalue weighted by Crippen LogP contribution is -2.00. The Hall–Kier alpha value is -6.44. The van der Waals surface area contributed by atoms with Crippen molar-refractivity contribution in [2.75, 3.05) is 0 Å². The van der Waals surface area contributed by atoms with Crippen molar-refractivity contribution in [3.8, 4) is 56.0 Å². The maximum Gasteiger partial charge on any atom is 0.143 e. The van der Waals surface area contributed by atoms with Crippen LogP contribution < -0.4 is 4.74 Å². The fourth-order valence-electron chi connectivity index (χ4n) is 8.40. The van der Waals surface area contributed by atoms with Crippen LogP contribution in [0.5, 0.6) is 11.5 Å². The summed E-state index contributed by atoms with van der Waals surface area (Å²) in [6.45, 7) is 0. The lowest BCUT2D eigenvalue weighted by atomic mass is 9.86. The third kappa shape index (κ3) is 3.82. The van der Waals surface area contributed by atoms with E-state index in [1.54, 1.807) is 0 Å². The standard InChI is InChI=1S/C48H28O/c1-2-9-29(10-3-1)42-28-43-39-18-8-17-38-36(25-26-44(47(38)39)49-48(43)41-16-5-4-15-37(41)42)34-14-7-13-33(27-34)35-23-21-32-20-19-30-11-6-12-31-22-24-40(35)46(32)45(30)31/h1-28H. The van der Waals surface area contributed by atoms with Crippen LogP contribution in [-0.4, -0.2) is 0 Å². The minimum Gasteiger partial charge on any atom is -0.455 e. The molecule has 0 spiro atoms. The second kappa shape index (κ2) is 10.0. The molecule has 1 nitrogen and oxygen atoms in total. The minimum absolute atomic E-state index is 0.905. The fraction of sp³-hybridized carbons (Fsp3) is 0. The first-order valence-corrected chi connectivity index (χ1v) is 16.9. The van der Waals surface area contributed by atoms with Crippen molar-refractivity contribution < 1.29 is 4.74 Å². The number of benzene rings is 10. The summed E-state index contributed by atoms with van der Waals surface area (Å²) in [4.78, 5) is 0. The summed E-state index contributed by atoms with van der Waals surface area (Å²) in [5, 5.41) is 12.5. The molecule has 0 unspecified atom stereocenters. The lowest BCUT2D eigenvalue weighted by Gasteiger charge is -2.25. The molecule has 0 N–H and O–H groups in total. The van der Waals surface area contributed by atoms with Gasteiger partial charge in [-0.15, -0.1) is 0 Å². The van der Waals surface area contributed by atoms with Crippen molar-refractivity contribution in [1.82, 2.24) is 0 Å². The molecule has 0 saturated carbocycles. The quantitative estimate of drug-likeness (QED) is 0.179. The molecule has 226 valence electrons. The van der Waals surface area contributed by atoms with Gasteiger partial charge in [-0.3, -0.25) is 0 Å². The van der Waals surface area contributed by atoms with Crippen LogP contribution >= 0.6 is 0 Å². The van der Waals surface area contributed by atoms with E-state index < -0.39 is 0 Å². The number of fused-ring (bicyclic) bond motifs is 4. The van der Waals surface area contributed by atoms with E-state index >= 15 is 0 Å². The van der Waals surface area contributed by atoms with E-state index in [2.05, 4.69) is 170 Å². The number of hydrogen-bond donors (Lipinski definition) is 0. The molecule has 0 bridgehead atoms. The summed E-state index contributed by atoms with van der Waals surface area (Å²) < 4.78 is 6.84. The first kappa shape index (κ1) is 26.6. The number of hydrogen-bond acceptors (Lipinski definition) is 1. The molecular weight excluding hydrogens is 593 g/mol. The van der Waals surface area contributed by atoms with Crippen LogP contribution in [0.1, 0.15) is 0 Å². The van der Waals surface area contributed by atoms with E-state index in [4.69, 9.17) is 4.74 Å². The molecule has 0 aromatic heterocycles. The van der Waals surface area contributed by atoms with Crippen LogP contribution in [0.15, 0.2) is 170 Å². The maximum atomic E-state index is 6.84. The molecule has 0 saturated heterocycles. The Labute approximate surface area is 283 Å². The largest absolute Gasteiger partial charge is 0.455 e. The maximum absolute atomic E-state index is 6.84. The lowest BCUT2D eigenvalue weighted by molar-refractivity contribution is 0.493. The molecule has 10 aromatic carbocycles. The molecule has 1 heteroatoms. The van der Waals surface area contributed by atoms with Gasteiger partial charge >= 0.3 is 0 Å². The van der Waals surface area contributed by atoms with E-state index in [-0.39, 0.29) is 0 Å². The van der Waals surface area contributed by atoms with Gasteiger partial charge in [0, 0.05) is 16.3 Å². The van der Waals surface area contributed by atoms with E-state index in [0.717, 1.165) is 27.8 Å². The van der Waals surface area contributed by atoms with E-state index in [0.29, 0.717) is 0 Å². The molecule has 10 aromatic rings. The van der Waals surface area contributed by atoms with Gasteiger partial charge in [-0.2, -0.15) is 0 Å². The third-order valence-corrected chi connectivity index (χ3v) is 10.6. The van der Waals surface area contributed by atoms with Crippen LogP contribution in [0.25, 0.3) is 98.4 Å². The van der Waals surface area contributed by atoms with Crippen LogP contribution in [0.4, 0.5) is 0 Å². The Morgan fingerprint density at radius 3 is 1.69 bits per heavy atom. The monoisotopic (exact) mass is 620 g/mol. The first-order chi connectivity index (χ1) is 24.3. The van der Waals surface area contributed by atoms with Crippen molar-refractivity contribution in [3.63, 3.8) is 0 Å². The van der Waals surface area contributed by atoms with Gasteiger partial charge in [-0.25, -0.2) is 0 Å². The van der Waals surface area contributed by atoms with Crippen molar-refractivity contribution in [3.05, 3.63) is 170 Å². The highest BCUT2D eigenvalue weighted by Gasteiger charge is 2.25. The predicted molar refractivity (Wildman–Crippen MR) is 207 cm³/mol. The zero-order chi connectivity index (χ0) is 32.1.